The van der Waals surface area contributed by atoms with Gasteiger partial charge < -0.3 is 15.2 Å². The van der Waals surface area contributed by atoms with E-state index in [1.165, 1.54) is 6.20 Å². The third kappa shape index (κ3) is 3.13. The van der Waals surface area contributed by atoms with Gasteiger partial charge in [-0.15, -0.1) is 0 Å². The number of carbonyl (C=O) groups excluding carboxylic acids is 2. The molecule has 3 fully saturated rings. The third-order valence-electron chi connectivity index (χ3n) is 6.03. The van der Waals surface area contributed by atoms with Crippen molar-refractivity contribution in [2.75, 3.05) is 33.2 Å². The summed E-state index contributed by atoms with van der Waals surface area (Å²) in [5.41, 5.74) is -0.462. The lowest BCUT2D eigenvalue weighted by molar-refractivity contribution is -0.121. The minimum absolute atomic E-state index is 0.0648. The highest BCUT2D eigenvalue weighted by molar-refractivity contribution is 5.93. The van der Waals surface area contributed by atoms with Gasteiger partial charge in [0.25, 0.3) is 11.5 Å². The molecule has 0 aromatic carbocycles. The molecule has 26 heavy (non-hydrogen) atoms. The number of aromatic nitrogens is 2. The largest absolute Gasteiger partial charge is 0.356 e. The Hall–Kier alpha value is -2.22. The van der Waals surface area contributed by atoms with E-state index in [0.29, 0.717) is 44.2 Å². The van der Waals surface area contributed by atoms with Crippen LogP contribution in [0.4, 0.5) is 0 Å². The topological polar surface area (TPSA) is 98.4 Å². The zero-order valence-electron chi connectivity index (χ0n) is 15.1. The van der Waals surface area contributed by atoms with Crippen molar-refractivity contribution in [3.05, 3.63) is 27.9 Å². The average Bonchev–Trinajstić information content (AvgIpc) is 3.47. The summed E-state index contributed by atoms with van der Waals surface area (Å²) in [5.74, 6) is 0.830. The number of H-pyrrole nitrogens is 1. The molecule has 0 bridgehead atoms. The molecule has 8 nitrogen and oxygen atoms in total. The summed E-state index contributed by atoms with van der Waals surface area (Å²) in [6.45, 7) is 2.44. The highest BCUT2D eigenvalue weighted by Gasteiger charge is 2.42. The Morgan fingerprint density at radius 1 is 1.27 bits per heavy atom. The lowest BCUT2D eigenvalue weighted by Crippen LogP contribution is -2.62. The molecule has 3 aliphatic rings. The van der Waals surface area contributed by atoms with Gasteiger partial charge in [0.05, 0.1) is 0 Å². The van der Waals surface area contributed by atoms with Crippen LogP contribution in [0.5, 0.6) is 0 Å². The molecule has 1 aromatic heterocycles. The number of rotatable bonds is 2. The molecular weight excluding hydrogens is 334 g/mol. The fraction of sp³-hybridized carbons (Fsp3) is 0.667. The monoisotopic (exact) mass is 359 g/mol. The maximum Gasteiger partial charge on any atom is 0.263 e. The van der Waals surface area contributed by atoms with Crippen molar-refractivity contribution in [2.24, 2.45) is 0 Å². The van der Waals surface area contributed by atoms with E-state index in [-0.39, 0.29) is 28.5 Å². The normalized spacial score (nSPS) is 27.3. The van der Waals surface area contributed by atoms with Gasteiger partial charge in [0.15, 0.2) is 0 Å². The van der Waals surface area contributed by atoms with Crippen LogP contribution in [0.25, 0.3) is 0 Å². The van der Waals surface area contributed by atoms with Crippen molar-refractivity contribution < 1.29 is 9.59 Å². The van der Waals surface area contributed by atoms with Crippen molar-refractivity contribution in [3.8, 4) is 0 Å². The Kier molecular flexibility index (Phi) is 4.30. The van der Waals surface area contributed by atoms with E-state index < -0.39 is 0 Å². The van der Waals surface area contributed by atoms with Crippen LogP contribution in [0.15, 0.2) is 11.0 Å². The van der Waals surface area contributed by atoms with Crippen molar-refractivity contribution >= 4 is 11.8 Å². The van der Waals surface area contributed by atoms with Crippen LogP contribution >= 0.6 is 0 Å². The van der Waals surface area contributed by atoms with Crippen LogP contribution in [-0.4, -0.2) is 70.3 Å². The first-order valence-corrected chi connectivity index (χ1v) is 9.35. The van der Waals surface area contributed by atoms with Crippen molar-refractivity contribution in [3.63, 3.8) is 0 Å². The van der Waals surface area contributed by atoms with Crippen LogP contribution in [0.1, 0.15) is 54.2 Å². The second-order valence-corrected chi connectivity index (χ2v) is 7.76. The summed E-state index contributed by atoms with van der Waals surface area (Å²) >= 11 is 0. The zero-order valence-corrected chi connectivity index (χ0v) is 15.1. The van der Waals surface area contributed by atoms with Gasteiger partial charge in [-0.05, 0) is 32.7 Å². The maximum atomic E-state index is 13.0. The lowest BCUT2D eigenvalue weighted by Gasteiger charge is -2.49. The van der Waals surface area contributed by atoms with Crippen molar-refractivity contribution in [2.45, 2.75) is 43.6 Å². The molecule has 4 rings (SSSR count). The predicted molar refractivity (Wildman–Crippen MR) is 95.0 cm³/mol. The molecule has 2 saturated heterocycles. The summed E-state index contributed by atoms with van der Waals surface area (Å²) in [4.78, 5) is 48.1. The first kappa shape index (κ1) is 17.2. The van der Waals surface area contributed by atoms with E-state index in [2.05, 4.69) is 27.2 Å². The number of amides is 2. The van der Waals surface area contributed by atoms with E-state index in [1.54, 1.807) is 4.90 Å². The number of hydrogen-bond acceptors (Lipinski definition) is 5. The average molecular weight is 359 g/mol. The molecule has 140 valence electrons. The maximum absolute atomic E-state index is 13.0. The van der Waals surface area contributed by atoms with E-state index in [4.69, 9.17) is 0 Å². The molecule has 2 amide bonds. The predicted octanol–water partition coefficient (Wildman–Crippen LogP) is 0.0738. The molecule has 0 unspecified atom stereocenters. The first-order valence-electron chi connectivity index (χ1n) is 9.35. The van der Waals surface area contributed by atoms with Gasteiger partial charge in [0, 0.05) is 50.3 Å². The SMILES string of the molecule is CN1CCN(C(=O)c2cnc(C3CC3)[nH]c2=O)C[C@@]12CCNC(=O)CC2. The molecule has 1 spiro atoms. The Morgan fingerprint density at radius 2 is 2.08 bits per heavy atom. The van der Waals surface area contributed by atoms with Gasteiger partial charge in [-0.2, -0.15) is 0 Å². The number of aromatic amines is 1. The summed E-state index contributed by atoms with van der Waals surface area (Å²) in [6.07, 6.45) is 5.50. The van der Waals surface area contributed by atoms with Gasteiger partial charge in [0.2, 0.25) is 5.91 Å². The number of nitrogens with one attached hydrogen (secondary N) is 2. The van der Waals surface area contributed by atoms with E-state index in [1.807, 2.05) is 0 Å². The van der Waals surface area contributed by atoms with Crippen molar-refractivity contribution in [1.82, 2.24) is 25.1 Å². The summed E-state index contributed by atoms with van der Waals surface area (Å²) in [6, 6.07) is 0. The van der Waals surface area contributed by atoms with Crippen LogP contribution in [0.2, 0.25) is 0 Å². The Labute approximate surface area is 152 Å². The van der Waals surface area contributed by atoms with Gasteiger partial charge in [-0.1, -0.05) is 0 Å². The summed E-state index contributed by atoms with van der Waals surface area (Å²) in [7, 11) is 2.05. The number of nitrogens with zero attached hydrogens (tertiary/aromatic N) is 3. The van der Waals surface area contributed by atoms with Crippen LogP contribution in [-0.2, 0) is 4.79 Å². The second kappa shape index (κ2) is 6.50. The summed E-state index contributed by atoms with van der Waals surface area (Å²) < 4.78 is 0. The lowest BCUT2D eigenvalue weighted by atomic mass is 9.86. The summed E-state index contributed by atoms with van der Waals surface area (Å²) in [5, 5.41) is 2.91. The molecule has 1 saturated carbocycles. The first-order chi connectivity index (χ1) is 12.5. The molecule has 2 aliphatic heterocycles. The molecule has 1 aliphatic carbocycles. The van der Waals surface area contributed by atoms with Crippen LogP contribution < -0.4 is 10.9 Å². The molecule has 1 atom stereocenters. The Bertz CT molecular complexity index is 787. The highest BCUT2D eigenvalue weighted by Crippen LogP contribution is 2.37. The molecular formula is C18H25N5O3. The minimum Gasteiger partial charge on any atom is -0.356 e. The second-order valence-electron chi connectivity index (χ2n) is 7.76. The fourth-order valence-electron chi connectivity index (χ4n) is 4.07. The molecule has 8 heteroatoms. The van der Waals surface area contributed by atoms with E-state index >= 15 is 0 Å². The number of carbonyl (C=O) groups is 2. The zero-order chi connectivity index (χ0) is 18.3. The minimum atomic E-state index is -0.349. The van der Waals surface area contributed by atoms with E-state index in [9.17, 15) is 14.4 Å². The van der Waals surface area contributed by atoms with Gasteiger partial charge >= 0.3 is 0 Å². The van der Waals surface area contributed by atoms with Crippen LogP contribution in [0, 0.1) is 0 Å². The quantitative estimate of drug-likeness (QED) is 0.779. The number of piperazine rings is 1. The smallest absolute Gasteiger partial charge is 0.263 e. The standard InChI is InChI=1S/C18H25N5O3/c1-22-8-9-23(11-18(22)5-4-14(24)19-7-6-18)17(26)13-10-20-15(12-2-3-12)21-16(13)25/h10,12H,2-9,11H2,1H3,(H,19,24)(H,20,21,25)/t18-/m1/s1. The fourth-order valence-corrected chi connectivity index (χ4v) is 4.07. The number of hydrogen-bond donors (Lipinski definition) is 2. The van der Waals surface area contributed by atoms with Gasteiger partial charge in [-0.3, -0.25) is 19.3 Å². The molecule has 3 heterocycles. The van der Waals surface area contributed by atoms with Crippen LogP contribution in [0.3, 0.4) is 0 Å². The van der Waals surface area contributed by atoms with Crippen molar-refractivity contribution in [1.29, 1.82) is 0 Å². The highest BCUT2D eigenvalue weighted by atomic mass is 16.2. The molecule has 1 aromatic rings. The number of likely N-dealkylation sites (N-methyl/N-ethyl adjacent to an activating group) is 1. The third-order valence-corrected chi connectivity index (χ3v) is 6.03. The molecule has 0 radical (unpaired) electrons. The Morgan fingerprint density at radius 3 is 2.81 bits per heavy atom. The van der Waals surface area contributed by atoms with Gasteiger partial charge in [0.1, 0.15) is 11.4 Å². The molecule has 2 N–H and O–H groups in total. The Balaban J connectivity index is 1.54. The van der Waals surface area contributed by atoms with Gasteiger partial charge in [-0.25, -0.2) is 4.98 Å². The van der Waals surface area contributed by atoms with E-state index in [0.717, 1.165) is 25.8 Å².